The van der Waals surface area contributed by atoms with Crippen LogP contribution in [0.4, 0.5) is 0 Å². The molecule has 1 aliphatic heterocycles. The summed E-state index contributed by atoms with van der Waals surface area (Å²) in [6.45, 7) is 1.34. The maximum atomic E-state index is 11.7. The van der Waals surface area contributed by atoms with Crippen LogP contribution in [0.1, 0.15) is 12.0 Å². The summed E-state index contributed by atoms with van der Waals surface area (Å²) < 4.78 is 0. The maximum Gasteiger partial charge on any atom is 0.241 e. The summed E-state index contributed by atoms with van der Waals surface area (Å²) in [6, 6.07) is 10.1. The molecule has 1 heterocycles. The number of rotatable bonds is 3. The predicted molar refractivity (Wildman–Crippen MR) is 64.4 cm³/mol. The van der Waals surface area contributed by atoms with Crippen molar-refractivity contribution in [2.24, 2.45) is 0 Å². The largest absolute Gasteiger partial charge is 0.347 e. The lowest BCUT2D eigenvalue weighted by Gasteiger charge is -2.19. The second-order valence-corrected chi connectivity index (χ2v) is 4.14. The zero-order chi connectivity index (χ0) is 12.1. The Hall–Kier alpha value is -1.84. The van der Waals surface area contributed by atoms with Gasteiger partial charge in [0.15, 0.2) is 0 Å². The van der Waals surface area contributed by atoms with Crippen LogP contribution in [-0.2, 0) is 16.0 Å². The highest BCUT2D eigenvalue weighted by Crippen LogP contribution is 2.04. The van der Waals surface area contributed by atoms with Crippen LogP contribution in [0.15, 0.2) is 30.3 Å². The molecule has 1 N–H and O–H groups in total. The van der Waals surface area contributed by atoms with Crippen molar-refractivity contribution in [1.82, 2.24) is 10.2 Å². The third kappa shape index (κ3) is 3.31. The average Bonchev–Trinajstić information content (AvgIpc) is 2.52. The van der Waals surface area contributed by atoms with E-state index in [0.29, 0.717) is 19.5 Å². The monoisotopic (exact) mass is 232 g/mol. The van der Waals surface area contributed by atoms with Gasteiger partial charge in [0, 0.05) is 19.5 Å². The molecule has 1 fully saturated rings. The number of amides is 2. The van der Waals surface area contributed by atoms with Crippen molar-refractivity contribution in [3.63, 3.8) is 0 Å². The van der Waals surface area contributed by atoms with Crippen molar-refractivity contribution in [3.8, 4) is 0 Å². The molecule has 17 heavy (non-hydrogen) atoms. The first-order valence-electron chi connectivity index (χ1n) is 5.84. The third-order valence-corrected chi connectivity index (χ3v) is 2.91. The molecule has 0 aliphatic carbocycles. The number of benzene rings is 1. The summed E-state index contributed by atoms with van der Waals surface area (Å²) in [4.78, 5) is 24.6. The summed E-state index contributed by atoms with van der Waals surface area (Å²) >= 11 is 0. The first-order valence-corrected chi connectivity index (χ1v) is 5.84. The lowest BCUT2D eigenvalue weighted by Crippen LogP contribution is -2.36. The molecule has 1 saturated heterocycles. The SMILES string of the molecule is O=C1CCN(CCc2ccccc2)C(=O)CN1. The molecule has 0 aromatic heterocycles. The van der Waals surface area contributed by atoms with Gasteiger partial charge >= 0.3 is 0 Å². The Balaban J connectivity index is 1.89. The molecular formula is C13H16N2O2. The molecule has 1 aliphatic rings. The highest BCUT2D eigenvalue weighted by atomic mass is 16.2. The van der Waals surface area contributed by atoms with Gasteiger partial charge in [0.05, 0.1) is 6.54 Å². The van der Waals surface area contributed by atoms with Crippen molar-refractivity contribution in [2.45, 2.75) is 12.8 Å². The highest BCUT2D eigenvalue weighted by molar-refractivity contribution is 5.87. The van der Waals surface area contributed by atoms with Gasteiger partial charge in [-0.25, -0.2) is 0 Å². The number of carbonyl (C=O) groups excluding carboxylic acids is 2. The van der Waals surface area contributed by atoms with E-state index in [4.69, 9.17) is 0 Å². The first kappa shape index (κ1) is 11.6. The molecule has 2 amide bonds. The van der Waals surface area contributed by atoms with Gasteiger partial charge in [-0.1, -0.05) is 30.3 Å². The summed E-state index contributed by atoms with van der Waals surface area (Å²) in [7, 11) is 0. The summed E-state index contributed by atoms with van der Waals surface area (Å²) in [5, 5.41) is 2.59. The zero-order valence-electron chi connectivity index (χ0n) is 9.69. The lowest BCUT2D eigenvalue weighted by molar-refractivity contribution is -0.130. The second-order valence-electron chi connectivity index (χ2n) is 4.14. The second kappa shape index (κ2) is 5.48. The molecule has 90 valence electrons. The minimum atomic E-state index is -0.0411. The number of hydrogen-bond acceptors (Lipinski definition) is 2. The van der Waals surface area contributed by atoms with E-state index in [2.05, 4.69) is 5.32 Å². The Bertz CT molecular complexity index is 403. The van der Waals surface area contributed by atoms with E-state index in [-0.39, 0.29) is 18.4 Å². The van der Waals surface area contributed by atoms with Crippen LogP contribution in [-0.4, -0.2) is 36.3 Å². The molecule has 0 unspecified atom stereocenters. The Labute approximate surface area is 101 Å². The minimum Gasteiger partial charge on any atom is -0.347 e. The highest BCUT2D eigenvalue weighted by Gasteiger charge is 2.19. The van der Waals surface area contributed by atoms with Crippen molar-refractivity contribution < 1.29 is 9.59 Å². The summed E-state index contributed by atoms with van der Waals surface area (Å²) in [5.74, 6) is -0.0349. The van der Waals surface area contributed by atoms with E-state index in [9.17, 15) is 9.59 Å². The fourth-order valence-electron chi connectivity index (χ4n) is 1.88. The van der Waals surface area contributed by atoms with Gasteiger partial charge in [0.2, 0.25) is 11.8 Å². The van der Waals surface area contributed by atoms with Gasteiger partial charge in [0.1, 0.15) is 0 Å². The van der Waals surface area contributed by atoms with Gasteiger partial charge in [-0.2, -0.15) is 0 Å². The van der Waals surface area contributed by atoms with E-state index in [1.54, 1.807) is 4.90 Å². The maximum absolute atomic E-state index is 11.7. The molecule has 0 atom stereocenters. The molecular weight excluding hydrogens is 216 g/mol. The van der Waals surface area contributed by atoms with Crippen LogP contribution >= 0.6 is 0 Å². The molecule has 1 aromatic carbocycles. The number of nitrogens with zero attached hydrogens (tertiary/aromatic N) is 1. The van der Waals surface area contributed by atoms with E-state index in [1.165, 1.54) is 5.56 Å². The standard InChI is InChI=1S/C13H16N2O2/c16-12-7-9-15(13(17)10-14-12)8-6-11-4-2-1-3-5-11/h1-5H,6-10H2,(H,14,16). The Morgan fingerprint density at radius 2 is 1.94 bits per heavy atom. The average molecular weight is 232 g/mol. The molecule has 0 saturated carbocycles. The van der Waals surface area contributed by atoms with Gasteiger partial charge in [-0.05, 0) is 12.0 Å². The number of hydrogen-bond donors (Lipinski definition) is 1. The van der Waals surface area contributed by atoms with Crippen molar-refractivity contribution in [1.29, 1.82) is 0 Å². The van der Waals surface area contributed by atoms with Crippen LogP contribution in [0, 0.1) is 0 Å². The van der Waals surface area contributed by atoms with Crippen molar-refractivity contribution in [3.05, 3.63) is 35.9 Å². The van der Waals surface area contributed by atoms with Crippen LogP contribution in [0.2, 0.25) is 0 Å². The predicted octanol–water partition coefficient (Wildman–Crippen LogP) is 0.578. The Kier molecular flexibility index (Phi) is 3.75. The fourth-order valence-corrected chi connectivity index (χ4v) is 1.88. The van der Waals surface area contributed by atoms with Gasteiger partial charge in [-0.15, -0.1) is 0 Å². The number of carbonyl (C=O) groups is 2. The van der Waals surface area contributed by atoms with Gasteiger partial charge in [0.25, 0.3) is 0 Å². The lowest BCUT2D eigenvalue weighted by atomic mass is 10.1. The first-order chi connectivity index (χ1) is 8.25. The molecule has 0 bridgehead atoms. The number of nitrogens with one attached hydrogen (secondary N) is 1. The van der Waals surface area contributed by atoms with E-state index in [0.717, 1.165) is 6.42 Å². The van der Waals surface area contributed by atoms with Crippen molar-refractivity contribution >= 4 is 11.8 Å². The summed E-state index contributed by atoms with van der Waals surface area (Å²) in [5.41, 5.74) is 1.21. The van der Waals surface area contributed by atoms with E-state index >= 15 is 0 Å². The minimum absolute atomic E-state index is 0.00628. The third-order valence-electron chi connectivity index (χ3n) is 2.91. The van der Waals surface area contributed by atoms with E-state index in [1.807, 2.05) is 30.3 Å². The molecule has 4 nitrogen and oxygen atoms in total. The molecule has 4 heteroatoms. The molecule has 2 rings (SSSR count). The van der Waals surface area contributed by atoms with E-state index < -0.39 is 0 Å². The molecule has 1 aromatic rings. The zero-order valence-corrected chi connectivity index (χ0v) is 9.69. The smallest absolute Gasteiger partial charge is 0.241 e. The van der Waals surface area contributed by atoms with Crippen LogP contribution in [0.5, 0.6) is 0 Å². The molecule has 0 spiro atoms. The van der Waals surface area contributed by atoms with Crippen LogP contribution < -0.4 is 5.32 Å². The quantitative estimate of drug-likeness (QED) is 0.828. The Morgan fingerprint density at radius 3 is 2.71 bits per heavy atom. The van der Waals surface area contributed by atoms with Gasteiger partial charge in [-0.3, -0.25) is 9.59 Å². The Morgan fingerprint density at radius 1 is 1.18 bits per heavy atom. The summed E-state index contributed by atoms with van der Waals surface area (Å²) in [6.07, 6.45) is 1.24. The topological polar surface area (TPSA) is 49.4 Å². The fraction of sp³-hybridized carbons (Fsp3) is 0.385. The van der Waals surface area contributed by atoms with Crippen molar-refractivity contribution in [2.75, 3.05) is 19.6 Å². The van der Waals surface area contributed by atoms with Gasteiger partial charge < -0.3 is 10.2 Å². The van der Waals surface area contributed by atoms with Crippen LogP contribution in [0.3, 0.4) is 0 Å². The normalized spacial score (nSPS) is 16.6. The molecule has 0 radical (unpaired) electrons. The van der Waals surface area contributed by atoms with Crippen LogP contribution in [0.25, 0.3) is 0 Å².